The minimum Gasteiger partial charge on any atom is -0.373 e. The molecule has 1 aromatic heterocycles. The molecular weight excluding hydrogens is 480 g/mol. The molecule has 1 saturated heterocycles. The van der Waals surface area contributed by atoms with Gasteiger partial charge in [0.25, 0.3) is 0 Å². The average Bonchev–Trinajstić information content (AvgIpc) is 3.40. The maximum absolute atomic E-state index is 11.3. The maximum Gasteiger partial charge on any atom is 0.248 e. The lowest BCUT2D eigenvalue weighted by molar-refractivity contribution is -0.0346. The van der Waals surface area contributed by atoms with Crippen LogP contribution in [0.15, 0.2) is 72.8 Å². The molecule has 0 radical (unpaired) electrons. The number of nitrogens with two attached hydrogens (primary N) is 1. The molecule has 5 rings (SSSR count). The second kappa shape index (κ2) is 9.77. The van der Waals surface area contributed by atoms with Crippen LogP contribution in [-0.4, -0.2) is 36.3 Å². The van der Waals surface area contributed by atoms with Gasteiger partial charge < -0.3 is 15.4 Å². The van der Waals surface area contributed by atoms with Gasteiger partial charge in [0, 0.05) is 47.6 Å². The van der Waals surface area contributed by atoms with Gasteiger partial charge in [-0.3, -0.25) is 4.79 Å². The predicted molar refractivity (Wildman–Crippen MR) is 141 cm³/mol. The lowest BCUT2D eigenvalue weighted by Gasteiger charge is -2.42. The number of hydrogen-bond acceptors (Lipinski definition) is 6. The highest BCUT2D eigenvalue weighted by atomic mass is 35.5. The third-order valence-electron chi connectivity index (χ3n) is 6.65. The summed E-state index contributed by atoms with van der Waals surface area (Å²) in [6.07, 6.45) is 1.81. The zero-order valence-corrected chi connectivity index (χ0v) is 20.9. The Hall–Kier alpha value is -3.26. The van der Waals surface area contributed by atoms with Crippen LogP contribution < -0.4 is 10.6 Å². The summed E-state index contributed by atoms with van der Waals surface area (Å²) in [5.41, 5.74) is 9.81. The third-order valence-corrected chi connectivity index (χ3v) is 7.93. The van der Waals surface area contributed by atoms with Gasteiger partial charge in [-0.1, -0.05) is 47.2 Å². The molecular formula is C27H25ClN4O2S. The van der Waals surface area contributed by atoms with Crippen LogP contribution in [-0.2, 0) is 10.3 Å². The Morgan fingerprint density at radius 1 is 0.914 bits per heavy atom. The first-order valence-electron chi connectivity index (χ1n) is 11.4. The lowest BCUT2D eigenvalue weighted by atomic mass is 9.84. The van der Waals surface area contributed by atoms with Gasteiger partial charge in [-0.25, -0.2) is 0 Å². The van der Waals surface area contributed by atoms with Crippen molar-refractivity contribution >= 4 is 34.5 Å². The largest absolute Gasteiger partial charge is 0.373 e. The van der Waals surface area contributed by atoms with Crippen LogP contribution in [0.4, 0.5) is 5.69 Å². The van der Waals surface area contributed by atoms with Gasteiger partial charge in [0.05, 0.1) is 5.60 Å². The summed E-state index contributed by atoms with van der Waals surface area (Å²) in [7, 11) is 1.79. The second-order valence-electron chi connectivity index (χ2n) is 8.59. The lowest BCUT2D eigenvalue weighted by Crippen LogP contribution is -2.43. The molecule has 1 aliphatic heterocycles. The second-order valence-corrected chi connectivity index (χ2v) is 10.0. The number of aromatic nitrogens is 2. The first-order valence-corrected chi connectivity index (χ1v) is 12.6. The number of hydrogen-bond donors (Lipinski definition) is 1. The summed E-state index contributed by atoms with van der Waals surface area (Å²) in [4.78, 5) is 13.7. The molecule has 8 heteroatoms. The molecule has 0 unspecified atom stereocenters. The van der Waals surface area contributed by atoms with E-state index >= 15 is 0 Å². The number of nitrogens with zero attached hydrogens (tertiary/aromatic N) is 3. The molecule has 6 nitrogen and oxygen atoms in total. The molecule has 178 valence electrons. The van der Waals surface area contributed by atoms with Gasteiger partial charge in [-0.2, -0.15) is 0 Å². The number of methoxy groups -OCH3 is 1. The minimum atomic E-state index is -0.443. The number of primary amides is 1. The van der Waals surface area contributed by atoms with E-state index < -0.39 is 5.91 Å². The Morgan fingerprint density at radius 3 is 1.97 bits per heavy atom. The Morgan fingerprint density at radius 2 is 1.46 bits per heavy atom. The molecule has 1 amide bonds. The fraction of sp³-hybridized carbons (Fsp3) is 0.222. The van der Waals surface area contributed by atoms with E-state index in [-0.39, 0.29) is 5.60 Å². The zero-order valence-electron chi connectivity index (χ0n) is 19.3. The van der Waals surface area contributed by atoms with E-state index in [0.717, 1.165) is 52.1 Å². The van der Waals surface area contributed by atoms with Crippen LogP contribution >= 0.6 is 22.9 Å². The minimum absolute atomic E-state index is 0.278. The number of ether oxygens (including phenoxy) is 1. The number of rotatable bonds is 6. The van der Waals surface area contributed by atoms with Crippen LogP contribution in [0.2, 0.25) is 5.02 Å². The Kier molecular flexibility index (Phi) is 6.56. The summed E-state index contributed by atoms with van der Waals surface area (Å²) < 4.78 is 6.02. The quantitative estimate of drug-likeness (QED) is 0.360. The number of carbonyl (C=O) groups is 1. The van der Waals surface area contributed by atoms with E-state index in [0.29, 0.717) is 5.56 Å². The number of carbonyl (C=O) groups excluding carboxylic acids is 1. The third kappa shape index (κ3) is 4.80. The van der Waals surface area contributed by atoms with E-state index in [1.165, 1.54) is 22.6 Å². The number of benzene rings is 3. The van der Waals surface area contributed by atoms with Gasteiger partial charge in [0.2, 0.25) is 5.91 Å². The Bertz CT molecular complexity index is 1310. The predicted octanol–water partition coefficient (Wildman–Crippen LogP) is 5.77. The van der Waals surface area contributed by atoms with Crippen molar-refractivity contribution in [2.75, 3.05) is 25.1 Å². The highest BCUT2D eigenvalue weighted by molar-refractivity contribution is 7.17. The highest BCUT2D eigenvalue weighted by Gasteiger charge is 2.36. The fourth-order valence-corrected chi connectivity index (χ4v) is 5.52. The molecule has 1 aliphatic rings. The number of anilines is 1. The maximum atomic E-state index is 11.3. The number of amides is 1. The SMILES string of the molecule is COC1(c2ccc(Cl)cc2)CCN(c2ccc(-c3nnc(-c4ccc(C(N)=O)cc4)s3)cc2)CC1. The standard InChI is InChI=1S/C27H25ClN4O2S/c1-34-27(21-8-10-22(28)11-9-21)14-16-32(17-15-27)23-12-6-20(7-13-23)26-31-30-25(35-26)19-4-2-18(3-5-19)24(29)33/h2-13H,14-17H2,1H3,(H2,29,33). The van der Waals surface area contributed by atoms with E-state index in [1.807, 2.05) is 24.3 Å². The van der Waals surface area contributed by atoms with Crippen LogP contribution in [0.25, 0.3) is 21.1 Å². The topological polar surface area (TPSA) is 81.3 Å². The molecule has 4 aromatic rings. The Labute approximate surface area is 213 Å². The first kappa shape index (κ1) is 23.5. The average molecular weight is 505 g/mol. The van der Waals surface area contributed by atoms with Crippen molar-refractivity contribution in [3.8, 4) is 21.1 Å². The highest BCUT2D eigenvalue weighted by Crippen LogP contribution is 2.38. The van der Waals surface area contributed by atoms with Gasteiger partial charge in [-0.15, -0.1) is 10.2 Å². The molecule has 0 aliphatic carbocycles. The van der Waals surface area contributed by atoms with E-state index in [4.69, 9.17) is 22.1 Å². The van der Waals surface area contributed by atoms with Gasteiger partial charge >= 0.3 is 0 Å². The van der Waals surface area contributed by atoms with E-state index in [1.54, 1.807) is 19.2 Å². The van der Waals surface area contributed by atoms with Crippen molar-refractivity contribution in [2.45, 2.75) is 18.4 Å². The van der Waals surface area contributed by atoms with Crippen LogP contribution in [0, 0.1) is 0 Å². The summed E-state index contributed by atoms with van der Waals surface area (Å²) >= 11 is 7.59. The van der Waals surface area contributed by atoms with Crippen molar-refractivity contribution in [3.05, 3.63) is 88.9 Å². The molecule has 35 heavy (non-hydrogen) atoms. The molecule has 0 bridgehead atoms. The molecule has 0 spiro atoms. The van der Waals surface area contributed by atoms with Crippen LogP contribution in [0.1, 0.15) is 28.8 Å². The van der Waals surface area contributed by atoms with Crippen molar-refractivity contribution in [1.29, 1.82) is 0 Å². The zero-order chi connectivity index (χ0) is 24.4. The van der Waals surface area contributed by atoms with Crippen molar-refractivity contribution in [1.82, 2.24) is 10.2 Å². The summed E-state index contributed by atoms with van der Waals surface area (Å²) in [5, 5.41) is 11.1. The smallest absolute Gasteiger partial charge is 0.248 e. The number of halogens is 1. The summed E-state index contributed by atoms with van der Waals surface area (Å²) in [5.74, 6) is -0.443. The summed E-state index contributed by atoms with van der Waals surface area (Å²) in [6.45, 7) is 1.81. The molecule has 2 heterocycles. The monoisotopic (exact) mass is 504 g/mol. The molecule has 3 aromatic carbocycles. The van der Waals surface area contributed by atoms with Crippen molar-refractivity contribution < 1.29 is 9.53 Å². The van der Waals surface area contributed by atoms with Gasteiger partial charge in [0.1, 0.15) is 10.0 Å². The fourth-order valence-electron chi connectivity index (χ4n) is 4.54. The van der Waals surface area contributed by atoms with Gasteiger partial charge in [0.15, 0.2) is 0 Å². The van der Waals surface area contributed by atoms with Crippen LogP contribution in [0.3, 0.4) is 0 Å². The van der Waals surface area contributed by atoms with Crippen molar-refractivity contribution in [2.24, 2.45) is 5.73 Å². The molecule has 1 fully saturated rings. The van der Waals surface area contributed by atoms with E-state index in [2.05, 4.69) is 51.5 Å². The van der Waals surface area contributed by atoms with Crippen LogP contribution in [0.5, 0.6) is 0 Å². The van der Waals surface area contributed by atoms with Gasteiger partial charge in [-0.05, 0) is 66.9 Å². The molecule has 0 saturated carbocycles. The molecule has 2 N–H and O–H groups in total. The summed E-state index contributed by atoms with van der Waals surface area (Å²) in [6, 6.07) is 23.5. The number of piperidine rings is 1. The normalized spacial score (nSPS) is 15.2. The first-order chi connectivity index (χ1) is 17.0. The van der Waals surface area contributed by atoms with E-state index in [9.17, 15) is 4.79 Å². The molecule has 0 atom stereocenters. The Balaban J connectivity index is 1.27. The van der Waals surface area contributed by atoms with Crippen molar-refractivity contribution in [3.63, 3.8) is 0 Å².